The van der Waals surface area contributed by atoms with Gasteiger partial charge in [-0.1, -0.05) is 31.2 Å². The molecule has 0 atom stereocenters. The molecule has 0 unspecified atom stereocenters. The van der Waals surface area contributed by atoms with Crippen LogP contribution in [-0.4, -0.2) is 23.1 Å². The molecule has 0 aliphatic heterocycles. The number of ether oxygens (including phenoxy) is 1. The second-order valence-electron chi connectivity index (χ2n) is 6.05. The van der Waals surface area contributed by atoms with Crippen molar-refractivity contribution in [3.63, 3.8) is 0 Å². The highest BCUT2D eigenvalue weighted by molar-refractivity contribution is 5.85. The molecular formula is C19H24O4. The molecule has 23 heavy (non-hydrogen) atoms. The number of benzene rings is 1. The summed E-state index contributed by atoms with van der Waals surface area (Å²) >= 11 is 0. The number of aliphatic carboxylic acids is 1. The highest BCUT2D eigenvalue weighted by Gasteiger charge is 2.24. The fourth-order valence-electron chi connectivity index (χ4n) is 3.01. The summed E-state index contributed by atoms with van der Waals surface area (Å²) in [6.45, 7) is 1.98. The molecule has 0 bridgehead atoms. The zero-order valence-electron chi connectivity index (χ0n) is 13.5. The Morgan fingerprint density at radius 2 is 1.83 bits per heavy atom. The topological polar surface area (TPSA) is 63.6 Å². The van der Waals surface area contributed by atoms with E-state index in [1.54, 1.807) is 6.08 Å². The van der Waals surface area contributed by atoms with Gasteiger partial charge in [-0.15, -0.1) is 0 Å². The summed E-state index contributed by atoms with van der Waals surface area (Å²) < 4.78 is 5.49. The monoisotopic (exact) mass is 316 g/mol. The van der Waals surface area contributed by atoms with Gasteiger partial charge in [0.2, 0.25) is 0 Å². The third-order valence-electron chi connectivity index (χ3n) is 4.25. The van der Waals surface area contributed by atoms with Gasteiger partial charge in [0.1, 0.15) is 6.10 Å². The molecule has 4 heteroatoms. The second-order valence-corrected chi connectivity index (χ2v) is 6.05. The summed E-state index contributed by atoms with van der Waals surface area (Å²) in [4.78, 5) is 22.1. The van der Waals surface area contributed by atoms with E-state index in [9.17, 15) is 9.59 Å². The summed E-state index contributed by atoms with van der Waals surface area (Å²) in [7, 11) is 0. The Hall–Kier alpha value is -2.10. The summed E-state index contributed by atoms with van der Waals surface area (Å²) in [5, 5.41) is 8.63. The molecule has 1 aliphatic rings. The largest absolute Gasteiger partial charge is 0.478 e. The van der Waals surface area contributed by atoms with Gasteiger partial charge < -0.3 is 9.84 Å². The highest BCUT2D eigenvalue weighted by Crippen LogP contribution is 2.34. The fourth-order valence-corrected chi connectivity index (χ4v) is 3.01. The first-order valence-electron chi connectivity index (χ1n) is 8.29. The maximum Gasteiger partial charge on any atom is 0.328 e. The summed E-state index contributed by atoms with van der Waals surface area (Å²) in [6.07, 6.45) is 8.02. The van der Waals surface area contributed by atoms with Gasteiger partial charge in [-0.2, -0.15) is 0 Å². The maximum atomic E-state index is 11.5. The third kappa shape index (κ3) is 5.55. The average molecular weight is 316 g/mol. The zero-order valence-corrected chi connectivity index (χ0v) is 13.5. The standard InChI is InChI=1S/C19H24O4/c1-2-3-19(22)23-17-11-9-16(10-12-17)15-7-4-14(5-8-15)6-13-18(20)21/h4-8,13,16-17H,2-3,9-12H2,1H3,(H,20,21)/b13-6+. The lowest BCUT2D eigenvalue weighted by Crippen LogP contribution is -2.23. The fraction of sp³-hybridized carbons (Fsp3) is 0.474. The molecule has 0 spiro atoms. The first kappa shape index (κ1) is 17.3. The average Bonchev–Trinajstić information content (AvgIpc) is 2.54. The summed E-state index contributed by atoms with van der Waals surface area (Å²) in [6, 6.07) is 8.02. The van der Waals surface area contributed by atoms with Crippen molar-refractivity contribution < 1.29 is 19.4 Å². The van der Waals surface area contributed by atoms with Gasteiger partial charge in [0.25, 0.3) is 0 Å². The number of carboxylic acid groups (broad SMARTS) is 1. The van der Waals surface area contributed by atoms with Crippen molar-refractivity contribution in [1.29, 1.82) is 0 Å². The van der Waals surface area contributed by atoms with Crippen LogP contribution >= 0.6 is 0 Å². The number of esters is 1. The SMILES string of the molecule is CCCC(=O)OC1CCC(c2ccc(/C=C/C(=O)O)cc2)CC1. The van der Waals surface area contributed by atoms with Crippen LogP contribution in [0.1, 0.15) is 62.5 Å². The van der Waals surface area contributed by atoms with E-state index in [4.69, 9.17) is 9.84 Å². The normalized spacial score (nSPS) is 21.3. The molecule has 4 nitrogen and oxygen atoms in total. The maximum absolute atomic E-state index is 11.5. The Kier molecular flexibility index (Phi) is 6.39. The predicted molar refractivity (Wildman–Crippen MR) is 89.1 cm³/mol. The van der Waals surface area contributed by atoms with Crippen LogP contribution in [0.25, 0.3) is 6.08 Å². The molecule has 1 saturated carbocycles. The Labute approximate surface area is 137 Å². The van der Waals surface area contributed by atoms with Gasteiger partial charge >= 0.3 is 11.9 Å². The Balaban J connectivity index is 1.85. The molecular weight excluding hydrogens is 292 g/mol. The van der Waals surface area contributed by atoms with E-state index in [1.165, 1.54) is 5.56 Å². The summed E-state index contributed by atoms with van der Waals surface area (Å²) in [5.41, 5.74) is 2.16. The van der Waals surface area contributed by atoms with Gasteiger partial charge in [0, 0.05) is 12.5 Å². The molecule has 1 aliphatic carbocycles. The van der Waals surface area contributed by atoms with Crippen molar-refractivity contribution in [2.75, 3.05) is 0 Å². The Morgan fingerprint density at radius 3 is 2.39 bits per heavy atom. The lowest BCUT2D eigenvalue weighted by Gasteiger charge is -2.28. The minimum Gasteiger partial charge on any atom is -0.478 e. The molecule has 124 valence electrons. The van der Waals surface area contributed by atoms with Crippen molar-refractivity contribution >= 4 is 18.0 Å². The number of hydrogen-bond acceptors (Lipinski definition) is 3. The van der Waals surface area contributed by atoms with E-state index in [0.29, 0.717) is 12.3 Å². The minimum atomic E-state index is -0.940. The molecule has 0 radical (unpaired) electrons. The molecule has 2 rings (SSSR count). The van der Waals surface area contributed by atoms with Crippen molar-refractivity contribution in [3.05, 3.63) is 41.5 Å². The third-order valence-corrected chi connectivity index (χ3v) is 4.25. The van der Waals surface area contributed by atoms with Gasteiger partial charge in [0.15, 0.2) is 0 Å². The van der Waals surface area contributed by atoms with Crippen molar-refractivity contribution in [1.82, 2.24) is 0 Å². The van der Waals surface area contributed by atoms with Gasteiger partial charge in [-0.3, -0.25) is 4.79 Å². The van der Waals surface area contributed by atoms with Gasteiger partial charge in [0.05, 0.1) is 0 Å². The Morgan fingerprint density at radius 1 is 1.17 bits per heavy atom. The number of rotatable bonds is 6. The van der Waals surface area contributed by atoms with E-state index in [0.717, 1.165) is 43.7 Å². The van der Waals surface area contributed by atoms with Gasteiger partial charge in [-0.05, 0) is 55.2 Å². The van der Waals surface area contributed by atoms with Gasteiger partial charge in [-0.25, -0.2) is 4.79 Å². The number of carbonyl (C=O) groups is 2. The van der Waals surface area contributed by atoms with E-state index < -0.39 is 5.97 Å². The molecule has 0 heterocycles. The van der Waals surface area contributed by atoms with Crippen LogP contribution < -0.4 is 0 Å². The number of carboxylic acids is 1. The first-order valence-corrected chi connectivity index (χ1v) is 8.29. The molecule has 1 N–H and O–H groups in total. The quantitative estimate of drug-likeness (QED) is 0.632. The van der Waals surface area contributed by atoms with E-state index >= 15 is 0 Å². The smallest absolute Gasteiger partial charge is 0.328 e. The Bertz CT molecular complexity index is 551. The molecule has 1 fully saturated rings. The van der Waals surface area contributed by atoms with Crippen LogP contribution in [0.15, 0.2) is 30.3 Å². The molecule has 1 aromatic carbocycles. The van der Waals surface area contributed by atoms with E-state index in [2.05, 4.69) is 12.1 Å². The minimum absolute atomic E-state index is 0.0723. The molecule has 1 aromatic rings. The molecule has 0 amide bonds. The van der Waals surface area contributed by atoms with Crippen LogP contribution in [0.5, 0.6) is 0 Å². The summed E-state index contributed by atoms with van der Waals surface area (Å²) in [5.74, 6) is -0.524. The number of carbonyl (C=O) groups excluding carboxylic acids is 1. The predicted octanol–water partition coefficient (Wildman–Crippen LogP) is 4.15. The van der Waals surface area contributed by atoms with Crippen LogP contribution in [0.2, 0.25) is 0 Å². The number of hydrogen-bond donors (Lipinski definition) is 1. The lowest BCUT2D eigenvalue weighted by atomic mass is 9.82. The van der Waals surface area contributed by atoms with Crippen LogP contribution in [0, 0.1) is 0 Å². The van der Waals surface area contributed by atoms with Crippen molar-refractivity contribution in [2.24, 2.45) is 0 Å². The lowest BCUT2D eigenvalue weighted by molar-refractivity contribution is -0.150. The van der Waals surface area contributed by atoms with E-state index in [1.807, 2.05) is 19.1 Å². The molecule has 0 aromatic heterocycles. The van der Waals surface area contributed by atoms with Crippen LogP contribution in [0.3, 0.4) is 0 Å². The first-order chi connectivity index (χ1) is 11.1. The molecule has 0 saturated heterocycles. The second kappa shape index (κ2) is 8.51. The van der Waals surface area contributed by atoms with Crippen molar-refractivity contribution in [2.45, 2.75) is 57.5 Å². The van der Waals surface area contributed by atoms with Crippen molar-refractivity contribution in [3.8, 4) is 0 Å². The van der Waals surface area contributed by atoms with Crippen LogP contribution in [-0.2, 0) is 14.3 Å². The van der Waals surface area contributed by atoms with Crippen LogP contribution in [0.4, 0.5) is 0 Å². The highest BCUT2D eigenvalue weighted by atomic mass is 16.5. The zero-order chi connectivity index (χ0) is 16.7. The van der Waals surface area contributed by atoms with E-state index in [-0.39, 0.29) is 12.1 Å².